The molecule has 0 aliphatic heterocycles. The van der Waals surface area contributed by atoms with Gasteiger partial charge in [0, 0.05) is 19.3 Å². The second kappa shape index (κ2) is 7.50. The number of hydrogen-bond donors (Lipinski definition) is 1. The van der Waals surface area contributed by atoms with E-state index in [1.807, 2.05) is 14.0 Å². The van der Waals surface area contributed by atoms with Crippen molar-refractivity contribution in [1.29, 1.82) is 0 Å². The largest absolute Gasteiger partial charge is 0.416 e. The van der Waals surface area contributed by atoms with Crippen LogP contribution in [0.25, 0.3) is 0 Å². The van der Waals surface area contributed by atoms with Crippen LogP contribution in [0.5, 0.6) is 0 Å². The number of nitrogens with one attached hydrogen (secondary N) is 1. The van der Waals surface area contributed by atoms with Gasteiger partial charge < -0.3 is 10.1 Å². The van der Waals surface area contributed by atoms with E-state index in [0.717, 1.165) is 24.1 Å². The molecule has 1 rings (SSSR count). The molecule has 1 N–H and O–H groups in total. The Morgan fingerprint density at radius 2 is 1.84 bits per heavy atom. The van der Waals surface area contributed by atoms with Gasteiger partial charge in [0.25, 0.3) is 0 Å². The Kier molecular flexibility index (Phi) is 6.31. The van der Waals surface area contributed by atoms with Crippen molar-refractivity contribution in [3.8, 4) is 0 Å². The summed E-state index contributed by atoms with van der Waals surface area (Å²) in [5.74, 6) is 0. The summed E-state index contributed by atoms with van der Waals surface area (Å²) < 4.78 is 42.6. The van der Waals surface area contributed by atoms with E-state index in [1.165, 1.54) is 12.1 Å². The Morgan fingerprint density at radius 1 is 1.21 bits per heavy atom. The zero-order valence-corrected chi connectivity index (χ0v) is 11.3. The number of ether oxygens (including phenoxy) is 1. The summed E-state index contributed by atoms with van der Waals surface area (Å²) >= 11 is 0. The molecule has 0 fully saturated rings. The summed E-state index contributed by atoms with van der Waals surface area (Å²) in [5, 5.41) is 3.15. The fraction of sp³-hybridized carbons (Fsp3) is 0.571. The molecule has 0 aromatic heterocycles. The van der Waals surface area contributed by atoms with Gasteiger partial charge in [-0.1, -0.05) is 12.1 Å². The number of hydrogen-bond acceptors (Lipinski definition) is 2. The van der Waals surface area contributed by atoms with Crippen LogP contribution in [0.15, 0.2) is 24.3 Å². The predicted molar refractivity (Wildman–Crippen MR) is 69.1 cm³/mol. The van der Waals surface area contributed by atoms with Crippen molar-refractivity contribution >= 4 is 0 Å². The molecule has 0 heterocycles. The fourth-order valence-electron chi connectivity index (χ4n) is 1.83. The molecule has 0 aliphatic carbocycles. The van der Waals surface area contributed by atoms with Crippen molar-refractivity contribution in [3.63, 3.8) is 0 Å². The molecule has 0 amide bonds. The van der Waals surface area contributed by atoms with Crippen molar-refractivity contribution in [2.45, 2.75) is 32.0 Å². The van der Waals surface area contributed by atoms with E-state index in [2.05, 4.69) is 5.32 Å². The first-order valence-electron chi connectivity index (χ1n) is 6.38. The third-order valence-corrected chi connectivity index (χ3v) is 2.99. The summed E-state index contributed by atoms with van der Waals surface area (Å²) in [6.45, 7) is 3.27. The highest BCUT2D eigenvalue weighted by atomic mass is 19.4. The van der Waals surface area contributed by atoms with Gasteiger partial charge in [0.1, 0.15) is 0 Å². The maximum atomic E-state index is 12.4. The Bertz CT molecular complexity index is 362. The zero-order valence-electron chi connectivity index (χ0n) is 11.3. The van der Waals surface area contributed by atoms with Gasteiger partial charge in [-0.3, -0.25) is 0 Å². The van der Waals surface area contributed by atoms with Gasteiger partial charge in [0.15, 0.2) is 0 Å². The normalized spacial score (nSPS) is 13.5. The molecule has 0 saturated heterocycles. The Labute approximate surface area is 112 Å². The lowest BCUT2D eigenvalue weighted by molar-refractivity contribution is -0.137. The summed E-state index contributed by atoms with van der Waals surface area (Å²) in [7, 11) is 1.85. The van der Waals surface area contributed by atoms with Gasteiger partial charge in [0.2, 0.25) is 0 Å². The van der Waals surface area contributed by atoms with Crippen LogP contribution in [0, 0.1) is 0 Å². The Hall–Kier alpha value is -1.07. The highest BCUT2D eigenvalue weighted by Gasteiger charge is 2.29. The Morgan fingerprint density at radius 3 is 2.32 bits per heavy atom. The number of alkyl halides is 3. The minimum Gasteiger partial charge on any atom is -0.382 e. The van der Waals surface area contributed by atoms with Gasteiger partial charge in [-0.15, -0.1) is 0 Å². The highest BCUT2D eigenvalue weighted by Crippen LogP contribution is 2.29. The molecule has 5 heteroatoms. The first kappa shape index (κ1) is 16.0. The summed E-state index contributed by atoms with van der Waals surface area (Å²) in [6, 6.07) is 5.54. The fourth-order valence-corrected chi connectivity index (χ4v) is 1.83. The molecule has 0 spiro atoms. The lowest BCUT2D eigenvalue weighted by atomic mass is 10.0. The van der Waals surface area contributed by atoms with Crippen LogP contribution in [0.2, 0.25) is 0 Å². The molecular weight excluding hydrogens is 255 g/mol. The molecule has 0 bridgehead atoms. The van der Waals surface area contributed by atoms with Gasteiger partial charge in [-0.05, 0) is 44.5 Å². The quantitative estimate of drug-likeness (QED) is 0.771. The van der Waals surface area contributed by atoms with Crippen molar-refractivity contribution < 1.29 is 17.9 Å². The van der Waals surface area contributed by atoms with Crippen LogP contribution < -0.4 is 5.32 Å². The molecule has 1 aromatic rings. The predicted octanol–water partition coefficient (Wildman–Crippen LogP) is 3.26. The lowest BCUT2D eigenvalue weighted by Crippen LogP contribution is -2.29. The third kappa shape index (κ3) is 5.61. The van der Waals surface area contributed by atoms with Crippen molar-refractivity contribution in [2.24, 2.45) is 0 Å². The average molecular weight is 275 g/mol. The van der Waals surface area contributed by atoms with Crippen LogP contribution in [-0.4, -0.2) is 26.3 Å². The van der Waals surface area contributed by atoms with Crippen LogP contribution in [-0.2, 0) is 17.3 Å². The van der Waals surface area contributed by atoms with E-state index in [4.69, 9.17) is 4.74 Å². The van der Waals surface area contributed by atoms with E-state index >= 15 is 0 Å². The highest BCUT2D eigenvalue weighted by molar-refractivity contribution is 5.25. The van der Waals surface area contributed by atoms with Crippen LogP contribution in [0.3, 0.4) is 0 Å². The number of benzene rings is 1. The molecule has 1 unspecified atom stereocenters. The van der Waals surface area contributed by atoms with E-state index in [0.29, 0.717) is 19.6 Å². The zero-order chi connectivity index (χ0) is 14.3. The van der Waals surface area contributed by atoms with Gasteiger partial charge in [-0.2, -0.15) is 13.2 Å². The third-order valence-electron chi connectivity index (χ3n) is 2.99. The number of rotatable bonds is 7. The summed E-state index contributed by atoms with van der Waals surface area (Å²) in [4.78, 5) is 0. The molecule has 0 radical (unpaired) electrons. The first-order chi connectivity index (χ1) is 8.97. The topological polar surface area (TPSA) is 21.3 Å². The molecule has 2 nitrogen and oxygen atoms in total. The Balaban J connectivity index is 2.55. The SMILES string of the molecule is CCOCCC(Cc1ccc(C(F)(F)F)cc1)NC. The maximum absolute atomic E-state index is 12.4. The summed E-state index contributed by atoms with van der Waals surface area (Å²) in [5.41, 5.74) is 0.287. The smallest absolute Gasteiger partial charge is 0.382 e. The summed E-state index contributed by atoms with van der Waals surface area (Å²) in [6.07, 6.45) is -2.73. The molecule has 1 atom stereocenters. The number of likely N-dealkylation sites (N-methyl/N-ethyl adjacent to an activating group) is 1. The van der Waals surface area contributed by atoms with Gasteiger partial charge in [-0.25, -0.2) is 0 Å². The van der Waals surface area contributed by atoms with E-state index in [-0.39, 0.29) is 6.04 Å². The molecule has 1 aromatic carbocycles. The molecular formula is C14H20F3NO. The first-order valence-corrected chi connectivity index (χ1v) is 6.38. The van der Waals surface area contributed by atoms with Crippen molar-refractivity contribution in [3.05, 3.63) is 35.4 Å². The molecule has 0 aliphatic rings. The monoisotopic (exact) mass is 275 g/mol. The van der Waals surface area contributed by atoms with Crippen molar-refractivity contribution in [2.75, 3.05) is 20.3 Å². The molecule has 19 heavy (non-hydrogen) atoms. The van der Waals surface area contributed by atoms with Crippen LogP contribution >= 0.6 is 0 Å². The lowest BCUT2D eigenvalue weighted by Gasteiger charge is -2.16. The van der Waals surface area contributed by atoms with Gasteiger partial charge >= 0.3 is 6.18 Å². The minimum absolute atomic E-state index is 0.211. The van der Waals surface area contributed by atoms with E-state index in [1.54, 1.807) is 0 Å². The standard InChI is InChI=1S/C14H20F3NO/c1-3-19-9-8-13(18-2)10-11-4-6-12(7-5-11)14(15,16)17/h4-7,13,18H,3,8-10H2,1-2H3. The van der Waals surface area contributed by atoms with Crippen LogP contribution in [0.1, 0.15) is 24.5 Å². The number of halogens is 3. The van der Waals surface area contributed by atoms with E-state index < -0.39 is 11.7 Å². The van der Waals surface area contributed by atoms with E-state index in [9.17, 15) is 13.2 Å². The molecule has 108 valence electrons. The second-order valence-electron chi connectivity index (χ2n) is 4.37. The average Bonchev–Trinajstić information content (AvgIpc) is 2.37. The van der Waals surface area contributed by atoms with Crippen molar-refractivity contribution in [1.82, 2.24) is 5.32 Å². The minimum atomic E-state index is -4.27. The maximum Gasteiger partial charge on any atom is 0.416 e. The molecule has 0 saturated carbocycles. The second-order valence-corrected chi connectivity index (χ2v) is 4.37. The van der Waals surface area contributed by atoms with Gasteiger partial charge in [0.05, 0.1) is 5.56 Å². The van der Waals surface area contributed by atoms with Crippen LogP contribution in [0.4, 0.5) is 13.2 Å².